The van der Waals surface area contributed by atoms with Gasteiger partial charge in [-0.3, -0.25) is 4.90 Å². The monoisotopic (exact) mass is 513 g/mol. The Balaban J connectivity index is 1.27. The predicted octanol–water partition coefficient (Wildman–Crippen LogP) is 6.00. The quantitative estimate of drug-likeness (QED) is 0.302. The Morgan fingerprint density at radius 1 is 0.895 bits per heavy atom. The Labute approximate surface area is 223 Å². The second-order valence-corrected chi connectivity index (χ2v) is 10.5. The number of para-hydroxylation sites is 1. The van der Waals surface area contributed by atoms with E-state index in [1.807, 2.05) is 25.1 Å². The summed E-state index contributed by atoms with van der Waals surface area (Å²) in [6.07, 6.45) is -0.256. The van der Waals surface area contributed by atoms with Crippen LogP contribution in [0.4, 0.5) is 10.5 Å². The van der Waals surface area contributed by atoms with Crippen molar-refractivity contribution in [3.8, 4) is 11.1 Å². The topological polar surface area (TPSA) is 67.9 Å². The summed E-state index contributed by atoms with van der Waals surface area (Å²) >= 11 is 0. The van der Waals surface area contributed by atoms with E-state index in [0.29, 0.717) is 17.0 Å². The number of benzene rings is 3. The largest absolute Gasteiger partial charge is 0.446 e. The molecule has 4 aromatic rings. The van der Waals surface area contributed by atoms with Crippen LogP contribution in [0.5, 0.6) is 0 Å². The van der Waals surface area contributed by atoms with Gasteiger partial charge in [0, 0.05) is 32.7 Å². The van der Waals surface area contributed by atoms with Gasteiger partial charge in [0.15, 0.2) is 5.58 Å². The first-order valence-electron chi connectivity index (χ1n) is 13.4. The standard InChI is InChI=1S/C31H35N3O4/c1-22(2)19-23(3)37-30(35)34-28-14-8-13-27(29(28)38-31(34)36)33-17-15-32(16-18-33)21-24-9-7-12-26(20-24)25-10-5-4-6-11-25/h4-14,20,22-23H,15-19,21H2,1-3H3. The van der Waals surface area contributed by atoms with Crippen LogP contribution in [0.3, 0.4) is 0 Å². The van der Waals surface area contributed by atoms with Gasteiger partial charge in [-0.25, -0.2) is 9.59 Å². The van der Waals surface area contributed by atoms with E-state index in [9.17, 15) is 9.59 Å². The van der Waals surface area contributed by atoms with Gasteiger partial charge in [0.1, 0.15) is 11.6 Å². The molecule has 38 heavy (non-hydrogen) atoms. The Hall–Kier alpha value is -3.84. The maximum Gasteiger partial charge on any atom is 0.429 e. The second kappa shape index (κ2) is 11.3. The number of oxazole rings is 1. The van der Waals surface area contributed by atoms with Crippen LogP contribution in [0.2, 0.25) is 0 Å². The van der Waals surface area contributed by atoms with E-state index in [0.717, 1.165) is 49.4 Å². The van der Waals surface area contributed by atoms with Gasteiger partial charge in [-0.15, -0.1) is 0 Å². The fourth-order valence-electron chi connectivity index (χ4n) is 5.27. The van der Waals surface area contributed by atoms with Crippen molar-refractivity contribution in [2.45, 2.75) is 39.8 Å². The van der Waals surface area contributed by atoms with Gasteiger partial charge in [-0.1, -0.05) is 68.4 Å². The molecule has 0 saturated carbocycles. The summed E-state index contributed by atoms with van der Waals surface area (Å²) in [4.78, 5) is 30.1. The Morgan fingerprint density at radius 3 is 2.34 bits per heavy atom. The maximum atomic E-state index is 12.8. The molecule has 5 rings (SSSR count). The van der Waals surface area contributed by atoms with E-state index in [4.69, 9.17) is 9.15 Å². The van der Waals surface area contributed by atoms with Crippen LogP contribution in [-0.4, -0.2) is 47.8 Å². The molecular weight excluding hydrogens is 478 g/mol. The molecule has 2 heterocycles. The fourth-order valence-corrected chi connectivity index (χ4v) is 5.27. The molecule has 198 valence electrons. The van der Waals surface area contributed by atoms with Crippen LogP contribution in [0, 0.1) is 5.92 Å². The third-order valence-corrected chi connectivity index (χ3v) is 7.03. The molecule has 0 radical (unpaired) electrons. The van der Waals surface area contributed by atoms with Crippen molar-refractivity contribution in [3.63, 3.8) is 0 Å². The Kier molecular flexibility index (Phi) is 7.65. The highest BCUT2D eigenvalue weighted by Crippen LogP contribution is 2.28. The number of aromatic nitrogens is 1. The highest BCUT2D eigenvalue weighted by molar-refractivity contribution is 5.92. The second-order valence-electron chi connectivity index (χ2n) is 10.5. The van der Waals surface area contributed by atoms with Gasteiger partial charge >= 0.3 is 11.8 Å². The number of anilines is 1. The zero-order valence-corrected chi connectivity index (χ0v) is 22.3. The van der Waals surface area contributed by atoms with Crippen LogP contribution in [0.1, 0.15) is 32.8 Å². The number of carbonyl (C=O) groups is 1. The van der Waals surface area contributed by atoms with E-state index >= 15 is 0 Å². The molecule has 1 unspecified atom stereocenters. The van der Waals surface area contributed by atoms with Crippen molar-refractivity contribution in [2.75, 3.05) is 31.1 Å². The molecule has 1 aromatic heterocycles. The molecule has 0 N–H and O–H groups in total. The number of fused-ring (bicyclic) bond motifs is 1. The van der Waals surface area contributed by atoms with Crippen molar-refractivity contribution in [1.29, 1.82) is 0 Å². The van der Waals surface area contributed by atoms with E-state index < -0.39 is 11.8 Å². The minimum absolute atomic E-state index is 0.288. The van der Waals surface area contributed by atoms with Gasteiger partial charge in [0.05, 0.1) is 5.69 Å². The number of rotatable bonds is 7. The SMILES string of the molecule is CC(C)CC(C)OC(=O)n1c(=O)oc2c(N3CCN(Cc4cccc(-c5ccccc5)c4)CC3)cccc21. The first-order valence-corrected chi connectivity index (χ1v) is 13.4. The van der Waals surface area contributed by atoms with E-state index in [1.165, 1.54) is 16.7 Å². The molecule has 0 aliphatic carbocycles. The molecule has 0 bridgehead atoms. The molecule has 7 heteroatoms. The minimum atomic E-state index is -0.717. The van der Waals surface area contributed by atoms with Gasteiger partial charge < -0.3 is 14.1 Å². The Bertz CT molecular complexity index is 1450. The fraction of sp³-hybridized carbons (Fsp3) is 0.355. The smallest absolute Gasteiger partial charge is 0.429 e. The maximum absolute atomic E-state index is 12.8. The molecule has 0 spiro atoms. The molecule has 0 amide bonds. The van der Waals surface area contributed by atoms with Crippen molar-refractivity contribution < 1.29 is 13.9 Å². The van der Waals surface area contributed by atoms with Gasteiger partial charge in [-0.05, 0) is 54.2 Å². The van der Waals surface area contributed by atoms with Gasteiger partial charge in [0.2, 0.25) is 0 Å². The zero-order valence-electron chi connectivity index (χ0n) is 22.3. The summed E-state index contributed by atoms with van der Waals surface area (Å²) < 4.78 is 12.1. The number of hydrogen-bond donors (Lipinski definition) is 0. The lowest BCUT2D eigenvalue weighted by molar-refractivity contribution is 0.0959. The van der Waals surface area contributed by atoms with Crippen molar-refractivity contribution in [1.82, 2.24) is 9.47 Å². The van der Waals surface area contributed by atoms with Crippen molar-refractivity contribution in [3.05, 3.63) is 88.9 Å². The summed E-state index contributed by atoms with van der Waals surface area (Å²) in [6.45, 7) is 10.2. The van der Waals surface area contributed by atoms with Crippen molar-refractivity contribution in [2.24, 2.45) is 5.92 Å². The highest BCUT2D eigenvalue weighted by atomic mass is 16.6. The lowest BCUT2D eigenvalue weighted by atomic mass is 10.0. The zero-order chi connectivity index (χ0) is 26.6. The van der Waals surface area contributed by atoms with Gasteiger partial charge in [-0.2, -0.15) is 4.57 Å². The van der Waals surface area contributed by atoms with E-state index in [1.54, 1.807) is 6.07 Å². The molecule has 1 aliphatic heterocycles. The van der Waals surface area contributed by atoms with Crippen LogP contribution in [-0.2, 0) is 11.3 Å². The number of hydrogen-bond acceptors (Lipinski definition) is 6. The van der Waals surface area contributed by atoms with Crippen LogP contribution < -0.4 is 10.7 Å². The lowest BCUT2D eigenvalue weighted by Gasteiger charge is -2.36. The van der Waals surface area contributed by atoms with Crippen LogP contribution >= 0.6 is 0 Å². The molecule has 1 atom stereocenters. The number of ether oxygens (including phenoxy) is 1. The summed E-state index contributed by atoms with van der Waals surface area (Å²) in [6, 6.07) is 24.7. The summed E-state index contributed by atoms with van der Waals surface area (Å²) in [7, 11) is 0. The Morgan fingerprint density at radius 2 is 1.61 bits per heavy atom. The summed E-state index contributed by atoms with van der Waals surface area (Å²) in [5.41, 5.74) is 5.43. The molecule has 1 saturated heterocycles. The third kappa shape index (κ3) is 5.68. The first kappa shape index (κ1) is 25.8. The number of carbonyl (C=O) groups excluding carboxylic acids is 1. The number of piperazine rings is 1. The average molecular weight is 514 g/mol. The molecular formula is C31H35N3O4. The molecule has 1 aliphatic rings. The predicted molar refractivity (Wildman–Crippen MR) is 151 cm³/mol. The van der Waals surface area contributed by atoms with Gasteiger partial charge in [0.25, 0.3) is 0 Å². The van der Waals surface area contributed by atoms with Crippen molar-refractivity contribution >= 4 is 22.9 Å². The lowest BCUT2D eigenvalue weighted by Crippen LogP contribution is -2.46. The van der Waals surface area contributed by atoms with Crippen LogP contribution in [0.25, 0.3) is 22.2 Å². The average Bonchev–Trinajstić information content (AvgIpc) is 3.25. The van der Waals surface area contributed by atoms with Crippen LogP contribution in [0.15, 0.2) is 82.0 Å². The first-order chi connectivity index (χ1) is 18.4. The van der Waals surface area contributed by atoms with E-state index in [2.05, 4.69) is 72.2 Å². The third-order valence-electron chi connectivity index (χ3n) is 7.03. The molecule has 1 fully saturated rings. The summed E-state index contributed by atoms with van der Waals surface area (Å²) in [5.74, 6) is -0.333. The molecule has 3 aromatic carbocycles. The van der Waals surface area contributed by atoms with E-state index in [-0.39, 0.29) is 6.10 Å². The minimum Gasteiger partial charge on any atom is -0.446 e. The molecule has 7 nitrogen and oxygen atoms in total. The number of nitrogens with zero attached hydrogens (tertiary/aromatic N) is 3. The summed E-state index contributed by atoms with van der Waals surface area (Å²) in [5, 5.41) is 0. The highest BCUT2D eigenvalue weighted by Gasteiger charge is 2.25. The normalized spacial score (nSPS) is 15.2.